The molecule has 1 aromatic carbocycles. The van der Waals surface area contributed by atoms with E-state index in [2.05, 4.69) is 10.0 Å². The first-order chi connectivity index (χ1) is 7.57. The minimum atomic E-state index is -1.35. The van der Waals surface area contributed by atoms with Crippen molar-refractivity contribution in [2.24, 2.45) is 5.11 Å². The summed E-state index contributed by atoms with van der Waals surface area (Å²) in [5.41, 5.74) is 13.7. The van der Waals surface area contributed by atoms with Gasteiger partial charge >= 0.3 is 0 Å². The van der Waals surface area contributed by atoms with Gasteiger partial charge in [0.25, 0.3) is 0 Å². The van der Waals surface area contributed by atoms with Crippen LogP contribution in [0, 0.1) is 0 Å². The molecular weight excluding hydrogens is 212 g/mol. The summed E-state index contributed by atoms with van der Waals surface area (Å²) in [4.78, 5) is 2.46. The van der Waals surface area contributed by atoms with Crippen LogP contribution in [0.3, 0.4) is 0 Å². The number of para-hydroxylation sites is 1. The Hall–Kier alpha value is -1.95. The van der Waals surface area contributed by atoms with Crippen molar-refractivity contribution in [1.82, 2.24) is 0 Å². The van der Waals surface area contributed by atoms with E-state index in [1.807, 2.05) is 0 Å². The lowest BCUT2D eigenvalue weighted by molar-refractivity contribution is 0.0231. The standard InChI is InChI=1S/C9H12N4O3/c10-6-3-1-2-5(8(6)15)9(16)7(14)4-12-13-11/h1-3,7,9,14-16H,4,10H2. The third kappa shape index (κ3) is 2.54. The molecule has 2 atom stereocenters. The zero-order valence-electron chi connectivity index (χ0n) is 8.35. The highest BCUT2D eigenvalue weighted by Gasteiger charge is 2.21. The molecule has 0 saturated heterocycles. The van der Waals surface area contributed by atoms with E-state index in [4.69, 9.17) is 11.3 Å². The number of phenolic OH excluding ortho intramolecular Hbond substituents is 1. The van der Waals surface area contributed by atoms with E-state index in [-0.39, 0.29) is 23.5 Å². The average Bonchev–Trinajstić information content (AvgIpc) is 2.28. The largest absolute Gasteiger partial charge is 0.505 e. The molecule has 0 spiro atoms. The van der Waals surface area contributed by atoms with Gasteiger partial charge in [-0.1, -0.05) is 17.2 Å². The molecule has 7 heteroatoms. The molecule has 2 unspecified atom stereocenters. The van der Waals surface area contributed by atoms with Gasteiger partial charge in [0.15, 0.2) is 0 Å². The number of aromatic hydroxyl groups is 1. The number of hydrogen-bond donors (Lipinski definition) is 4. The summed E-state index contributed by atoms with van der Waals surface area (Å²) in [6, 6.07) is 4.43. The second-order valence-electron chi connectivity index (χ2n) is 3.21. The minimum Gasteiger partial charge on any atom is -0.505 e. The van der Waals surface area contributed by atoms with E-state index in [0.29, 0.717) is 0 Å². The van der Waals surface area contributed by atoms with Crippen molar-refractivity contribution in [2.75, 3.05) is 12.3 Å². The minimum absolute atomic E-state index is 0.0978. The highest BCUT2D eigenvalue weighted by molar-refractivity contribution is 5.56. The first-order valence-electron chi connectivity index (χ1n) is 4.52. The first kappa shape index (κ1) is 12.1. The summed E-state index contributed by atoms with van der Waals surface area (Å²) in [6.07, 6.45) is -2.64. The number of benzene rings is 1. The van der Waals surface area contributed by atoms with Gasteiger partial charge in [0.1, 0.15) is 11.9 Å². The highest BCUT2D eigenvalue weighted by Crippen LogP contribution is 2.31. The molecule has 0 bridgehead atoms. The smallest absolute Gasteiger partial charge is 0.144 e. The zero-order valence-corrected chi connectivity index (χ0v) is 8.35. The summed E-state index contributed by atoms with van der Waals surface area (Å²) in [6.45, 7) is -0.286. The van der Waals surface area contributed by atoms with E-state index in [1.54, 1.807) is 0 Å². The van der Waals surface area contributed by atoms with Crippen LogP contribution in [0.25, 0.3) is 10.4 Å². The predicted octanol–water partition coefficient (Wildman–Crippen LogP) is 0.679. The van der Waals surface area contributed by atoms with Crippen molar-refractivity contribution in [3.8, 4) is 5.75 Å². The topological polar surface area (TPSA) is 135 Å². The molecule has 0 radical (unpaired) electrons. The molecule has 0 aromatic heterocycles. The first-order valence-corrected chi connectivity index (χ1v) is 4.52. The third-order valence-corrected chi connectivity index (χ3v) is 2.11. The molecule has 1 aromatic rings. The summed E-state index contributed by atoms with van der Waals surface area (Å²) in [7, 11) is 0. The fourth-order valence-corrected chi connectivity index (χ4v) is 1.25. The Balaban J connectivity index is 2.91. The summed E-state index contributed by atoms with van der Waals surface area (Å²) < 4.78 is 0. The van der Waals surface area contributed by atoms with Crippen LogP contribution in [-0.4, -0.2) is 28.0 Å². The maximum atomic E-state index is 9.67. The molecule has 7 nitrogen and oxygen atoms in total. The van der Waals surface area contributed by atoms with Crippen LogP contribution in [-0.2, 0) is 0 Å². The molecule has 1 rings (SSSR count). The molecule has 0 aliphatic heterocycles. The Morgan fingerprint density at radius 1 is 1.44 bits per heavy atom. The molecule has 16 heavy (non-hydrogen) atoms. The Kier molecular flexibility index (Phi) is 3.96. The van der Waals surface area contributed by atoms with Crippen LogP contribution in [0.4, 0.5) is 5.69 Å². The van der Waals surface area contributed by atoms with Gasteiger partial charge in [-0.15, -0.1) is 0 Å². The molecular formula is C9H12N4O3. The SMILES string of the molecule is [N-]=[N+]=NCC(O)C(O)c1cccc(N)c1O. The summed E-state index contributed by atoms with van der Waals surface area (Å²) in [5, 5.41) is 31.8. The van der Waals surface area contributed by atoms with Crippen molar-refractivity contribution in [2.45, 2.75) is 12.2 Å². The number of aliphatic hydroxyl groups excluding tert-OH is 2. The summed E-state index contributed by atoms with van der Waals surface area (Å²) in [5.74, 6) is -0.282. The second-order valence-corrected chi connectivity index (χ2v) is 3.21. The lowest BCUT2D eigenvalue weighted by Gasteiger charge is -2.17. The third-order valence-electron chi connectivity index (χ3n) is 2.11. The van der Waals surface area contributed by atoms with Crippen LogP contribution in [0.5, 0.6) is 5.75 Å². The lowest BCUT2D eigenvalue weighted by atomic mass is 10.0. The van der Waals surface area contributed by atoms with Gasteiger partial charge in [0.2, 0.25) is 0 Å². The van der Waals surface area contributed by atoms with E-state index in [1.165, 1.54) is 18.2 Å². The summed E-state index contributed by atoms with van der Waals surface area (Å²) >= 11 is 0. The molecule has 0 amide bonds. The molecule has 0 heterocycles. The van der Waals surface area contributed by atoms with E-state index in [9.17, 15) is 15.3 Å². The van der Waals surface area contributed by atoms with Gasteiger partial charge in [-0.25, -0.2) is 0 Å². The normalized spacial score (nSPS) is 13.9. The van der Waals surface area contributed by atoms with Crippen molar-refractivity contribution in [3.63, 3.8) is 0 Å². The zero-order chi connectivity index (χ0) is 12.1. The number of nitrogen functional groups attached to an aromatic ring is 1. The number of nitrogens with two attached hydrogens (primary N) is 1. The van der Waals surface area contributed by atoms with Gasteiger partial charge in [-0.3, -0.25) is 0 Å². The Morgan fingerprint density at radius 3 is 2.75 bits per heavy atom. The lowest BCUT2D eigenvalue weighted by Crippen LogP contribution is -2.21. The monoisotopic (exact) mass is 224 g/mol. The van der Waals surface area contributed by atoms with Gasteiger partial charge in [-0.05, 0) is 11.6 Å². The predicted molar refractivity (Wildman–Crippen MR) is 57.5 cm³/mol. The maximum Gasteiger partial charge on any atom is 0.144 e. The Morgan fingerprint density at radius 2 is 2.12 bits per heavy atom. The van der Waals surface area contributed by atoms with Gasteiger partial charge < -0.3 is 21.1 Å². The fraction of sp³-hybridized carbons (Fsp3) is 0.333. The maximum absolute atomic E-state index is 9.67. The Labute approximate surface area is 91.4 Å². The molecule has 5 N–H and O–H groups in total. The molecule has 0 fully saturated rings. The highest BCUT2D eigenvalue weighted by atomic mass is 16.3. The number of hydrogen-bond acceptors (Lipinski definition) is 5. The van der Waals surface area contributed by atoms with Crippen LogP contribution in [0.15, 0.2) is 23.3 Å². The molecule has 0 saturated carbocycles. The molecule has 0 aliphatic carbocycles. The Bertz CT molecular complexity index is 417. The number of nitrogens with zero attached hydrogens (tertiary/aromatic N) is 3. The molecule has 0 aliphatic rings. The quantitative estimate of drug-likeness (QED) is 0.196. The fourth-order valence-electron chi connectivity index (χ4n) is 1.25. The van der Waals surface area contributed by atoms with Crippen LogP contribution in [0.1, 0.15) is 11.7 Å². The van der Waals surface area contributed by atoms with Gasteiger partial charge in [-0.2, -0.15) is 0 Å². The molecule has 86 valence electrons. The number of phenols is 1. The van der Waals surface area contributed by atoms with Crippen molar-refractivity contribution in [1.29, 1.82) is 0 Å². The van der Waals surface area contributed by atoms with Crippen LogP contribution < -0.4 is 5.73 Å². The number of rotatable bonds is 4. The number of aliphatic hydroxyl groups is 2. The number of anilines is 1. The second kappa shape index (κ2) is 5.22. The van der Waals surface area contributed by atoms with Crippen LogP contribution in [0.2, 0.25) is 0 Å². The van der Waals surface area contributed by atoms with Crippen molar-refractivity contribution >= 4 is 5.69 Å². The van der Waals surface area contributed by atoms with E-state index < -0.39 is 12.2 Å². The van der Waals surface area contributed by atoms with Gasteiger partial charge in [0, 0.05) is 10.5 Å². The van der Waals surface area contributed by atoms with Crippen LogP contribution >= 0.6 is 0 Å². The average molecular weight is 224 g/mol. The van der Waals surface area contributed by atoms with Crippen molar-refractivity contribution in [3.05, 3.63) is 34.2 Å². The number of azide groups is 1. The van der Waals surface area contributed by atoms with Crippen molar-refractivity contribution < 1.29 is 15.3 Å². The van der Waals surface area contributed by atoms with E-state index in [0.717, 1.165) is 0 Å². The van der Waals surface area contributed by atoms with Gasteiger partial charge in [0.05, 0.1) is 18.3 Å². The van der Waals surface area contributed by atoms with E-state index >= 15 is 0 Å².